The van der Waals surface area contributed by atoms with E-state index in [1.165, 1.54) is 12.1 Å². The minimum absolute atomic E-state index is 0.210. The molecule has 1 N–H and O–H groups in total. The van der Waals surface area contributed by atoms with E-state index in [1.54, 1.807) is 50.2 Å². The fourth-order valence-electron chi connectivity index (χ4n) is 2.00. The Morgan fingerprint density at radius 2 is 1.69 bits per heavy atom. The summed E-state index contributed by atoms with van der Waals surface area (Å²) < 4.78 is 23.4. The van der Waals surface area contributed by atoms with Crippen molar-refractivity contribution in [2.75, 3.05) is 6.61 Å². The van der Waals surface area contributed by atoms with E-state index in [0.29, 0.717) is 10.8 Å². The summed E-state index contributed by atoms with van der Waals surface area (Å²) in [5.74, 6) is -1.04. The van der Waals surface area contributed by atoms with Gasteiger partial charge in [0.2, 0.25) is 0 Å². The number of esters is 1. The van der Waals surface area contributed by atoms with Gasteiger partial charge in [-0.25, -0.2) is 9.18 Å². The highest BCUT2D eigenvalue weighted by Crippen LogP contribution is 2.21. The third kappa shape index (κ3) is 6.04. The Hall–Kier alpha value is -2.60. The Morgan fingerprint density at radius 3 is 2.31 bits per heavy atom. The molecular formula is C19H19ClFNO4. The van der Waals surface area contributed by atoms with E-state index in [0.717, 1.165) is 5.56 Å². The second-order valence-corrected chi connectivity index (χ2v) is 6.48. The monoisotopic (exact) mass is 379 g/mol. The number of benzene rings is 2. The van der Waals surface area contributed by atoms with Gasteiger partial charge in [0.1, 0.15) is 11.6 Å². The molecule has 0 spiro atoms. The van der Waals surface area contributed by atoms with Gasteiger partial charge in [0.25, 0.3) is 5.91 Å². The molecule has 2 aromatic carbocycles. The number of amides is 1. The summed E-state index contributed by atoms with van der Waals surface area (Å²) in [5.41, 5.74) is -0.539. The molecule has 0 aliphatic heterocycles. The van der Waals surface area contributed by atoms with Gasteiger partial charge in [0, 0.05) is 11.6 Å². The van der Waals surface area contributed by atoms with Crippen LogP contribution in [0.3, 0.4) is 0 Å². The minimum atomic E-state index is -1.27. The van der Waals surface area contributed by atoms with Crippen LogP contribution in [0.5, 0.6) is 5.75 Å². The lowest BCUT2D eigenvalue weighted by Crippen LogP contribution is -2.41. The van der Waals surface area contributed by atoms with E-state index < -0.39 is 24.1 Å². The second kappa shape index (κ2) is 8.67. The van der Waals surface area contributed by atoms with E-state index >= 15 is 0 Å². The third-order valence-corrected chi connectivity index (χ3v) is 3.67. The summed E-state index contributed by atoms with van der Waals surface area (Å²) in [5, 5.41) is 3.14. The third-order valence-electron chi connectivity index (χ3n) is 3.42. The fourth-order valence-corrected chi connectivity index (χ4v) is 2.12. The molecule has 0 fully saturated rings. The summed E-state index contributed by atoms with van der Waals surface area (Å²) in [6.07, 6.45) is 0. The van der Waals surface area contributed by atoms with Crippen LogP contribution < -0.4 is 10.1 Å². The molecule has 0 aliphatic rings. The molecule has 0 heterocycles. The van der Waals surface area contributed by atoms with Crippen LogP contribution in [0, 0.1) is 5.82 Å². The Kier molecular flexibility index (Phi) is 6.58. The molecule has 0 saturated carbocycles. The summed E-state index contributed by atoms with van der Waals surface area (Å²) in [7, 11) is 0. The molecule has 0 atom stereocenters. The zero-order chi connectivity index (χ0) is 19.2. The first-order valence-corrected chi connectivity index (χ1v) is 8.27. The highest BCUT2D eigenvalue weighted by atomic mass is 35.5. The summed E-state index contributed by atoms with van der Waals surface area (Å²) in [6, 6.07) is 12.3. The average Bonchev–Trinajstić information content (AvgIpc) is 2.61. The Balaban J connectivity index is 1.79. The fraction of sp³-hybridized carbons (Fsp3) is 0.263. The van der Waals surface area contributed by atoms with Gasteiger partial charge in [-0.05, 0) is 55.8 Å². The van der Waals surface area contributed by atoms with E-state index in [-0.39, 0.29) is 12.4 Å². The Morgan fingerprint density at radius 1 is 1.08 bits per heavy atom. The first-order valence-electron chi connectivity index (χ1n) is 7.89. The number of rotatable bonds is 7. The maximum absolute atomic E-state index is 12.8. The van der Waals surface area contributed by atoms with Crippen LogP contribution in [0.25, 0.3) is 0 Å². The van der Waals surface area contributed by atoms with Crippen LogP contribution in [-0.4, -0.2) is 24.1 Å². The first kappa shape index (κ1) is 19.7. The molecule has 2 rings (SSSR count). The van der Waals surface area contributed by atoms with Gasteiger partial charge in [-0.15, -0.1) is 0 Å². The van der Waals surface area contributed by atoms with E-state index in [1.807, 2.05) is 0 Å². The summed E-state index contributed by atoms with van der Waals surface area (Å²) >= 11 is 5.80. The van der Waals surface area contributed by atoms with Crippen LogP contribution in [0.4, 0.5) is 4.39 Å². The molecule has 0 bridgehead atoms. The van der Waals surface area contributed by atoms with Crippen molar-refractivity contribution in [1.82, 2.24) is 5.32 Å². The zero-order valence-electron chi connectivity index (χ0n) is 14.4. The van der Waals surface area contributed by atoms with Gasteiger partial charge in [-0.1, -0.05) is 23.7 Å². The van der Waals surface area contributed by atoms with Gasteiger partial charge >= 0.3 is 5.97 Å². The molecule has 138 valence electrons. The first-order chi connectivity index (χ1) is 12.3. The smallest absolute Gasteiger partial charge is 0.350 e. The highest BCUT2D eigenvalue weighted by Gasteiger charge is 2.32. The number of carbonyl (C=O) groups is 2. The normalized spacial score (nSPS) is 10.9. The van der Waals surface area contributed by atoms with Gasteiger partial charge in [-0.2, -0.15) is 0 Å². The topological polar surface area (TPSA) is 64.6 Å². The van der Waals surface area contributed by atoms with Crippen LogP contribution in [0.2, 0.25) is 5.02 Å². The molecule has 0 aliphatic carbocycles. The maximum Gasteiger partial charge on any atom is 0.350 e. The van der Waals surface area contributed by atoms with Crippen LogP contribution in [-0.2, 0) is 20.9 Å². The molecule has 1 amide bonds. The van der Waals surface area contributed by atoms with Crippen molar-refractivity contribution in [2.45, 2.75) is 26.0 Å². The van der Waals surface area contributed by atoms with Crippen LogP contribution in [0.1, 0.15) is 19.4 Å². The zero-order valence-corrected chi connectivity index (χ0v) is 15.2. The summed E-state index contributed by atoms with van der Waals surface area (Å²) in [4.78, 5) is 23.9. The molecule has 0 aromatic heterocycles. The standard InChI is InChI=1S/C19H19ClFNO4/c1-19(2,26-16-9-5-14(20)6-10-16)18(24)25-12-17(23)22-11-13-3-7-15(21)8-4-13/h3-10H,11-12H2,1-2H3,(H,22,23). The molecule has 0 unspecified atom stereocenters. The molecule has 7 heteroatoms. The number of nitrogens with one attached hydrogen (secondary N) is 1. The molecule has 0 radical (unpaired) electrons. The van der Waals surface area contributed by atoms with Gasteiger partial charge < -0.3 is 14.8 Å². The van der Waals surface area contributed by atoms with Crippen LogP contribution in [0.15, 0.2) is 48.5 Å². The molecule has 2 aromatic rings. The predicted molar refractivity (Wildman–Crippen MR) is 95.4 cm³/mol. The predicted octanol–water partition coefficient (Wildman–Crippen LogP) is 3.50. The van der Waals surface area contributed by atoms with Crippen molar-refractivity contribution in [3.8, 4) is 5.75 Å². The van der Waals surface area contributed by atoms with Crippen molar-refractivity contribution in [3.05, 3.63) is 64.9 Å². The Bertz CT molecular complexity index is 760. The average molecular weight is 380 g/mol. The SMILES string of the molecule is CC(C)(Oc1ccc(Cl)cc1)C(=O)OCC(=O)NCc1ccc(F)cc1. The highest BCUT2D eigenvalue weighted by molar-refractivity contribution is 6.30. The number of hydrogen-bond donors (Lipinski definition) is 1. The van der Waals surface area contributed by atoms with Crippen molar-refractivity contribution < 1.29 is 23.5 Å². The number of halogens is 2. The molecular weight excluding hydrogens is 361 g/mol. The van der Waals surface area contributed by atoms with Crippen molar-refractivity contribution in [1.29, 1.82) is 0 Å². The Labute approximate surface area is 156 Å². The largest absolute Gasteiger partial charge is 0.476 e. The lowest BCUT2D eigenvalue weighted by atomic mass is 10.1. The van der Waals surface area contributed by atoms with E-state index in [4.69, 9.17) is 21.1 Å². The number of hydrogen-bond acceptors (Lipinski definition) is 4. The van der Waals surface area contributed by atoms with Crippen molar-refractivity contribution in [2.24, 2.45) is 0 Å². The molecule has 0 saturated heterocycles. The number of ether oxygens (including phenoxy) is 2. The van der Waals surface area contributed by atoms with Gasteiger partial charge in [-0.3, -0.25) is 4.79 Å². The van der Waals surface area contributed by atoms with Crippen molar-refractivity contribution >= 4 is 23.5 Å². The number of carbonyl (C=O) groups excluding carboxylic acids is 2. The lowest BCUT2D eigenvalue weighted by Gasteiger charge is -2.24. The summed E-state index contributed by atoms with van der Waals surface area (Å²) in [6.45, 7) is 2.86. The van der Waals surface area contributed by atoms with E-state index in [9.17, 15) is 14.0 Å². The van der Waals surface area contributed by atoms with Crippen molar-refractivity contribution in [3.63, 3.8) is 0 Å². The lowest BCUT2D eigenvalue weighted by molar-refractivity contribution is -0.162. The maximum atomic E-state index is 12.8. The van der Waals surface area contributed by atoms with E-state index in [2.05, 4.69) is 5.32 Å². The second-order valence-electron chi connectivity index (χ2n) is 6.05. The molecule has 26 heavy (non-hydrogen) atoms. The van der Waals surface area contributed by atoms with Gasteiger partial charge in [0.15, 0.2) is 12.2 Å². The minimum Gasteiger partial charge on any atom is -0.476 e. The van der Waals surface area contributed by atoms with Gasteiger partial charge in [0.05, 0.1) is 0 Å². The van der Waals surface area contributed by atoms with Crippen LogP contribution >= 0.6 is 11.6 Å². The molecule has 5 nitrogen and oxygen atoms in total. The quantitative estimate of drug-likeness (QED) is 0.748.